The molecule has 2 aliphatic rings. The van der Waals surface area contributed by atoms with Crippen molar-refractivity contribution in [1.82, 2.24) is 14.7 Å². The van der Waals surface area contributed by atoms with Crippen molar-refractivity contribution in [3.05, 3.63) is 0 Å². The number of nitrogens with zero attached hydrogens (tertiary/aromatic N) is 3. The number of piperazine rings is 1. The summed E-state index contributed by atoms with van der Waals surface area (Å²) >= 11 is 4.63. The van der Waals surface area contributed by atoms with Crippen LogP contribution in [0, 0.1) is 0 Å². The normalized spacial score (nSPS) is 24.9. The van der Waals surface area contributed by atoms with Gasteiger partial charge in [-0.05, 0) is 32.9 Å². The van der Waals surface area contributed by atoms with Crippen molar-refractivity contribution < 1.29 is 4.79 Å². The Morgan fingerprint density at radius 3 is 2.30 bits per heavy atom. The Hall–Kier alpha value is -0.260. The van der Waals surface area contributed by atoms with E-state index in [0.29, 0.717) is 12.3 Å². The Kier molecular flexibility index (Phi) is 5.75. The first-order valence-corrected chi connectivity index (χ1v) is 8.32. The van der Waals surface area contributed by atoms with E-state index in [-0.39, 0.29) is 4.75 Å². The lowest BCUT2D eigenvalue weighted by Crippen LogP contribution is -2.45. The zero-order valence-electron chi connectivity index (χ0n) is 13.0. The highest BCUT2D eigenvalue weighted by Crippen LogP contribution is 2.28. The van der Waals surface area contributed by atoms with Gasteiger partial charge in [0, 0.05) is 50.4 Å². The summed E-state index contributed by atoms with van der Waals surface area (Å²) in [5, 5.41) is 0. The Balaban J connectivity index is 1.61. The van der Waals surface area contributed by atoms with Gasteiger partial charge in [-0.2, -0.15) is 12.6 Å². The van der Waals surface area contributed by atoms with Crippen LogP contribution >= 0.6 is 12.6 Å². The van der Waals surface area contributed by atoms with Gasteiger partial charge in [-0.25, -0.2) is 0 Å². The van der Waals surface area contributed by atoms with Crippen molar-refractivity contribution >= 4 is 18.5 Å². The molecule has 0 spiro atoms. The monoisotopic (exact) mass is 299 g/mol. The molecule has 0 bridgehead atoms. The molecule has 1 amide bonds. The standard InChI is InChI=1S/C15H29N3OS/c1-15(20)5-8-18(9-6-15)14(19)4-3-7-17-12-10-16(2)11-13-17/h20H,3-13H2,1-2H3. The minimum absolute atomic E-state index is 0.122. The number of likely N-dealkylation sites (N-methyl/N-ethyl adjacent to an activating group) is 1. The molecule has 2 saturated heterocycles. The number of hydrogen-bond donors (Lipinski definition) is 1. The van der Waals surface area contributed by atoms with E-state index in [1.54, 1.807) is 0 Å². The summed E-state index contributed by atoms with van der Waals surface area (Å²) in [7, 11) is 2.17. The van der Waals surface area contributed by atoms with E-state index in [4.69, 9.17) is 0 Å². The summed E-state index contributed by atoms with van der Waals surface area (Å²) in [4.78, 5) is 19.1. The third-order valence-corrected chi connectivity index (χ3v) is 5.10. The van der Waals surface area contributed by atoms with Gasteiger partial charge in [-0.3, -0.25) is 4.79 Å². The Morgan fingerprint density at radius 1 is 1.10 bits per heavy atom. The molecule has 0 atom stereocenters. The van der Waals surface area contributed by atoms with E-state index in [0.717, 1.165) is 65.1 Å². The molecule has 2 rings (SSSR count). The Bertz CT molecular complexity index is 317. The number of thiol groups is 1. The maximum Gasteiger partial charge on any atom is 0.222 e. The molecule has 0 radical (unpaired) electrons. The van der Waals surface area contributed by atoms with Gasteiger partial charge in [0.05, 0.1) is 0 Å². The molecule has 0 aliphatic carbocycles. The van der Waals surface area contributed by atoms with E-state index in [2.05, 4.69) is 36.4 Å². The minimum atomic E-state index is 0.122. The summed E-state index contributed by atoms with van der Waals surface area (Å²) < 4.78 is 0.122. The van der Waals surface area contributed by atoms with Gasteiger partial charge in [-0.1, -0.05) is 6.92 Å². The van der Waals surface area contributed by atoms with Crippen LogP contribution in [0.15, 0.2) is 0 Å². The number of hydrogen-bond acceptors (Lipinski definition) is 4. The maximum absolute atomic E-state index is 12.2. The highest BCUT2D eigenvalue weighted by molar-refractivity contribution is 7.81. The summed E-state index contributed by atoms with van der Waals surface area (Å²) in [5.74, 6) is 0.336. The summed E-state index contributed by atoms with van der Waals surface area (Å²) in [6.07, 6.45) is 3.73. The molecule has 0 unspecified atom stereocenters. The molecule has 2 aliphatic heterocycles. The van der Waals surface area contributed by atoms with Crippen LogP contribution in [0.1, 0.15) is 32.6 Å². The SMILES string of the molecule is CN1CCN(CCCC(=O)N2CCC(C)(S)CC2)CC1. The van der Waals surface area contributed by atoms with Crippen molar-refractivity contribution in [3.63, 3.8) is 0 Å². The molecule has 0 N–H and O–H groups in total. The van der Waals surface area contributed by atoms with Gasteiger partial charge in [0.2, 0.25) is 5.91 Å². The van der Waals surface area contributed by atoms with E-state index >= 15 is 0 Å². The van der Waals surface area contributed by atoms with Crippen LogP contribution in [0.25, 0.3) is 0 Å². The van der Waals surface area contributed by atoms with Crippen molar-refractivity contribution in [2.75, 3.05) is 52.9 Å². The number of likely N-dealkylation sites (tertiary alicyclic amines) is 1. The van der Waals surface area contributed by atoms with Crippen molar-refractivity contribution in [1.29, 1.82) is 0 Å². The molecule has 0 aromatic carbocycles. The fraction of sp³-hybridized carbons (Fsp3) is 0.933. The second-order valence-corrected chi connectivity index (χ2v) is 7.71. The van der Waals surface area contributed by atoms with Crippen LogP contribution in [0.4, 0.5) is 0 Å². The van der Waals surface area contributed by atoms with Gasteiger partial charge in [0.15, 0.2) is 0 Å². The molecule has 0 saturated carbocycles. The fourth-order valence-electron chi connectivity index (χ4n) is 2.92. The lowest BCUT2D eigenvalue weighted by atomic mass is 9.97. The predicted molar refractivity (Wildman–Crippen MR) is 86.4 cm³/mol. The molecule has 20 heavy (non-hydrogen) atoms. The molecule has 2 heterocycles. The van der Waals surface area contributed by atoms with Crippen LogP contribution in [-0.4, -0.2) is 78.2 Å². The van der Waals surface area contributed by atoms with Crippen molar-refractivity contribution in [3.8, 4) is 0 Å². The lowest BCUT2D eigenvalue weighted by molar-refractivity contribution is -0.132. The average Bonchev–Trinajstić information content (AvgIpc) is 2.41. The maximum atomic E-state index is 12.2. The van der Waals surface area contributed by atoms with Crippen LogP contribution in [0.2, 0.25) is 0 Å². The smallest absolute Gasteiger partial charge is 0.222 e. The van der Waals surface area contributed by atoms with Crippen LogP contribution in [0.3, 0.4) is 0 Å². The third kappa shape index (κ3) is 4.93. The Labute approximate surface area is 128 Å². The summed E-state index contributed by atoms with van der Waals surface area (Å²) in [5.41, 5.74) is 0. The topological polar surface area (TPSA) is 26.8 Å². The third-order valence-electron chi connectivity index (χ3n) is 4.65. The molecule has 5 heteroatoms. The van der Waals surface area contributed by atoms with Gasteiger partial charge in [-0.15, -0.1) is 0 Å². The van der Waals surface area contributed by atoms with Crippen molar-refractivity contribution in [2.24, 2.45) is 0 Å². The van der Waals surface area contributed by atoms with Gasteiger partial charge < -0.3 is 14.7 Å². The van der Waals surface area contributed by atoms with Gasteiger partial charge in [0.1, 0.15) is 0 Å². The van der Waals surface area contributed by atoms with Crippen LogP contribution in [-0.2, 0) is 4.79 Å². The van der Waals surface area contributed by atoms with E-state index in [1.165, 1.54) is 0 Å². The zero-order valence-corrected chi connectivity index (χ0v) is 13.9. The summed E-state index contributed by atoms with van der Waals surface area (Å²) in [6, 6.07) is 0. The highest BCUT2D eigenvalue weighted by Gasteiger charge is 2.28. The van der Waals surface area contributed by atoms with Gasteiger partial charge in [0.25, 0.3) is 0 Å². The molecule has 0 aromatic heterocycles. The average molecular weight is 299 g/mol. The summed E-state index contributed by atoms with van der Waals surface area (Å²) in [6.45, 7) is 9.60. The number of carbonyl (C=O) groups excluding carboxylic acids is 1. The van der Waals surface area contributed by atoms with E-state index < -0.39 is 0 Å². The molecule has 4 nitrogen and oxygen atoms in total. The quantitative estimate of drug-likeness (QED) is 0.793. The number of carbonyl (C=O) groups is 1. The first-order chi connectivity index (χ1) is 9.46. The largest absolute Gasteiger partial charge is 0.343 e. The van der Waals surface area contributed by atoms with Gasteiger partial charge >= 0.3 is 0 Å². The minimum Gasteiger partial charge on any atom is -0.343 e. The van der Waals surface area contributed by atoms with Crippen molar-refractivity contribution in [2.45, 2.75) is 37.4 Å². The van der Waals surface area contributed by atoms with E-state index in [9.17, 15) is 4.79 Å². The molecular formula is C15H29N3OS. The molecule has 2 fully saturated rings. The number of amides is 1. The molecular weight excluding hydrogens is 270 g/mol. The van der Waals surface area contributed by atoms with Crippen LogP contribution < -0.4 is 0 Å². The number of piperidine rings is 1. The second kappa shape index (κ2) is 7.14. The molecule has 116 valence electrons. The van der Waals surface area contributed by atoms with Crippen LogP contribution in [0.5, 0.6) is 0 Å². The first kappa shape index (κ1) is 16.1. The Morgan fingerprint density at radius 2 is 1.70 bits per heavy atom. The second-order valence-electron chi connectivity index (χ2n) is 6.63. The number of rotatable bonds is 4. The zero-order chi connectivity index (χ0) is 14.6. The van der Waals surface area contributed by atoms with E-state index in [1.807, 2.05) is 4.90 Å². The highest BCUT2D eigenvalue weighted by atomic mass is 32.1. The fourth-order valence-corrected chi connectivity index (χ4v) is 3.12. The first-order valence-electron chi connectivity index (χ1n) is 7.87. The predicted octanol–water partition coefficient (Wildman–Crippen LogP) is 1.32. The lowest BCUT2D eigenvalue weighted by Gasteiger charge is -2.36. The molecule has 0 aromatic rings.